The van der Waals surface area contributed by atoms with Crippen LogP contribution in [0, 0.1) is 20.8 Å². The third-order valence-corrected chi connectivity index (χ3v) is 5.18. The van der Waals surface area contributed by atoms with Crippen LogP contribution in [0.1, 0.15) is 27.4 Å². The smallest absolute Gasteiger partial charge is 0.253 e. The first-order valence-electron chi connectivity index (χ1n) is 9.39. The SMILES string of the molecule is Cc1nc(-c2ccc(N3CCN(C(=O)c4ccc(C)c(C)c4)CC3)nc2)no1. The van der Waals surface area contributed by atoms with Gasteiger partial charge in [-0.3, -0.25) is 4.79 Å². The molecule has 1 aromatic carbocycles. The zero-order valence-corrected chi connectivity index (χ0v) is 16.3. The maximum Gasteiger partial charge on any atom is 0.253 e. The summed E-state index contributed by atoms with van der Waals surface area (Å²) in [7, 11) is 0. The molecule has 1 fully saturated rings. The van der Waals surface area contributed by atoms with E-state index in [9.17, 15) is 4.79 Å². The second-order valence-corrected chi connectivity index (χ2v) is 7.12. The molecule has 0 atom stereocenters. The molecule has 1 aliphatic rings. The van der Waals surface area contributed by atoms with Gasteiger partial charge in [0.15, 0.2) is 0 Å². The zero-order chi connectivity index (χ0) is 19.7. The Kier molecular flexibility index (Phi) is 4.81. The highest BCUT2D eigenvalue weighted by Crippen LogP contribution is 2.20. The molecule has 3 aromatic rings. The van der Waals surface area contributed by atoms with Crippen LogP contribution in [0.5, 0.6) is 0 Å². The largest absolute Gasteiger partial charge is 0.353 e. The third kappa shape index (κ3) is 3.60. The Hall–Kier alpha value is -3.22. The molecule has 1 amide bonds. The fraction of sp³-hybridized carbons (Fsp3) is 0.333. The summed E-state index contributed by atoms with van der Waals surface area (Å²) in [5.41, 5.74) is 3.93. The summed E-state index contributed by atoms with van der Waals surface area (Å²) in [6, 6.07) is 9.80. The molecule has 7 nitrogen and oxygen atoms in total. The molecule has 0 saturated carbocycles. The zero-order valence-electron chi connectivity index (χ0n) is 16.3. The van der Waals surface area contributed by atoms with Crippen molar-refractivity contribution in [2.24, 2.45) is 0 Å². The van der Waals surface area contributed by atoms with Gasteiger partial charge in [-0.1, -0.05) is 11.2 Å². The predicted octanol–water partition coefficient (Wildman–Crippen LogP) is 3.02. The lowest BCUT2D eigenvalue weighted by Crippen LogP contribution is -2.49. The monoisotopic (exact) mass is 377 g/mol. The van der Waals surface area contributed by atoms with Gasteiger partial charge < -0.3 is 14.3 Å². The van der Waals surface area contributed by atoms with Gasteiger partial charge >= 0.3 is 0 Å². The normalized spacial score (nSPS) is 14.4. The Morgan fingerprint density at radius 2 is 1.79 bits per heavy atom. The lowest BCUT2D eigenvalue weighted by atomic mass is 10.1. The van der Waals surface area contributed by atoms with Crippen LogP contribution in [0.25, 0.3) is 11.4 Å². The highest BCUT2D eigenvalue weighted by molar-refractivity contribution is 5.94. The van der Waals surface area contributed by atoms with Gasteiger partial charge in [0.25, 0.3) is 5.91 Å². The molecule has 0 N–H and O–H groups in total. The van der Waals surface area contributed by atoms with Gasteiger partial charge in [-0.2, -0.15) is 4.98 Å². The second-order valence-electron chi connectivity index (χ2n) is 7.12. The molecule has 0 radical (unpaired) electrons. The van der Waals surface area contributed by atoms with Gasteiger partial charge in [0.2, 0.25) is 11.7 Å². The number of aryl methyl sites for hydroxylation is 3. The van der Waals surface area contributed by atoms with Gasteiger partial charge in [-0.25, -0.2) is 4.98 Å². The van der Waals surface area contributed by atoms with E-state index in [4.69, 9.17) is 4.52 Å². The van der Waals surface area contributed by atoms with Crippen LogP contribution in [0.2, 0.25) is 0 Å². The number of carbonyl (C=O) groups excluding carboxylic acids is 1. The third-order valence-electron chi connectivity index (χ3n) is 5.18. The number of rotatable bonds is 3. The second kappa shape index (κ2) is 7.42. The molecule has 2 aromatic heterocycles. The fourth-order valence-corrected chi connectivity index (χ4v) is 3.32. The molecule has 0 bridgehead atoms. The first-order chi connectivity index (χ1) is 13.5. The van der Waals surface area contributed by atoms with Crippen LogP contribution in [0.3, 0.4) is 0 Å². The molecule has 144 valence electrons. The number of carbonyl (C=O) groups is 1. The number of amides is 1. The fourth-order valence-electron chi connectivity index (χ4n) is 3.32. The summed E-state index contributed by atoms with van der Waals surface area (Å²) in [6.07, 6.45) is 1.76. The van der Waals surface area contributed by atoms with Crippen LogP contribution in [-0.2, 0) is 0 Å². The number of aromatic nitrogens is 3. The number of hydrogen-bond acceptors (Lipinski definition) is 6. The van der Waals surface area contributed by atoms with Crippen molar-refractivity contribution in [1.82, 2.24) is 20.0 Å². The minimum absolute atomic E-state index is 0.0959. The molecule has 1 saturated heterocycles. The molecule has 0 spiro atoms. The van der Waals surface area contributed by atoms with E-state index in [2.05, 4.69) is 26.9 Å². The lowest BCUT2D eigenvalue weighted by molar-refractivity contribution is 0.0746. The first kappa shape index (κ1) is 18.2. The molecule has 0 aliphatic carbocycles. The van der Waals surface area contributed by atoms with E-state index in [1.807, 2.05) is 42.2 Å². The molecule has 4 rings (SSSR count). The van der Waals surface area contributed by atoms with Gasteiger partial charge in [0.05, 0.1) is 0 Å². The van der Waals surface area contributed by atoms with Crippen molar-refractivity contribution in [1.29, 1.82) is 0 Å². The molecular weight excluding hydrogens is 354 g/mol. The average molecular weight is 377 g/mol. The quantitative estimate of drug-likeness (QED) is 0.698. The topological polar surface area (TPSA) is 75.4 Å². The summed E-state index contributed by atoms with van der Waals surface area (Å²) in [5, 5.41) is 3.91. The Labute approximate surface area is 164 Å². The van der Waals surface area contributed by atoms with E-state index in [1.165, 1.54) is 5.56 Å². The molecular formula is C21H23N5O2. The molecule has 3 heterocycles. The van der Waals surface area contributed by atoms with Crippen LogP contribution >= 0.6 is 0 Å². The summed E-state index contributed by atoms with van der Waals surface area (Å²) >= 11 is 0. The van der Waals surface area contributed by atoms with Crippen molar-refractivity contribution in [2.75, 3.05) is 31.1 Å². The van der Waals surface area contributed by atoms with Crippen molar-refractivity contribution in [3.8, 4) is 11.4 Å². The minimum Gasteiger partial charge on any atom is -0.353 e. The standard InChI is InChI=1S/C21H23N5O2/c1-14-4-5-17(12-15(14)2)21(27)26-10-8-25(9-11-26)19-7-6-18(13-22-19)20-23-16(3)28-24-20/h4-7,12-13H,8-11H2,1-3H3. The van der Waals surface area contributed by atoms with Crippen molar-refractivity contribution in [2.45, 2.75) is 20.8 Å². The van der Waals surface area contributed by atoms with E-state index >= 15 is 0 Å². The van der Waals surface area contributed by atoms with Gasteiger partial charge in [0, 0.05) is 50.4 Å². The minimum atomic E-state index is 0.0959. The van der Waals surface area contributed by atoms with Crippen LogP contribution in [0.4, 0.5) is 5.82 Å². The van der Waals surface area contributed by atoms with Crippen LogP contribution in [0.15, 0.2) is 41.1 Å². The Morgan fingerprint density at radius 1 is 1.00 bits per heavy atom. The number of anilines is 1. The van der Waals surface area contributed by atoms with Gasteiger partial charge in [-0.15, -0.1) is 0 Å². The molecule has 7 heteroatoms. The van der Waals surface area contributed by atoms with Crippen molar-refractivity contribution in [3.05, 3.63) is 59.1 Å². The Balaban J connectivity index is 1.39. The van der Waals surface area contributed by atoms with E-state index in [0.717, 1.165) is 35.6 Å². The summed E-state index contributed by atoms with van der Waals surface area (Å²) < 4.78 is 5.01. The maximum atomic E-state index is 12.8. The molecule has 28 heavy (non-hydrogen) atoms. The van der Waals surface area contributed by atoms with E-state index in [-0.39, 0.29) is 5.91 Å². The Morgan fingerprint density at radius 3 is 2.39 bits per heavy atom. The number of pyridine rings is 1. The van der Waals surface area contributed by atoms with E-state index in [0.29, 0.717) is 24.8 Å². The number of hydrogen-bond donors (Lipinski definition) is 0. The highest BCUT2D eigenvalue weighted by atomic mass is 16.5. The molecule has 0 unspecified atom stereocenters. The number of nitrogens with zero attached hydrogens (tertiary/aromatic N) is 5. The van der Waals surface area contributed by atoms with Crippen molar-refractivity contribution in [3.63, 3.8) is 0 Å². The maximum absolute atomic E-state index is 12.8. The van der Waals surface area contributed by atoms with E-state index < -0.39 is 0 Å². The molecule has 1 aliphatic heterocycles. The van der Waals surface area contributed by atoms with E-state index in [1.54, 1.807) is 13.1 Å². The average Bonchev–Trinajstić information content (AvgIpc) is 3.16. The Bertz CT molecular complexity index is 988. The highest BCUT2D eigenvalue weighted by Gasteiger charge is 2.23. The van der Waals surface area contributed by atoms with Crippen molar-refractivity contribution < 1.29 is 9.32 Å². The van der Waals surface area contributed by atoms with Crippen LogP contribution < -0.4 is 4.90 Å². The first-order valence-corrected chi connectivity index (χ1v) is 9.39. The number of benzene rings is 1. The van der Waals surface area contributed by atoms with Gasteiger partial charge in [-0.05, 0) is 49.2 Å². The van der Waals surface area contributed by atoms with Gasteiger partial charge in [0.1, 0.15) is 5.82 Å². The van der Waals surface area contributed by atoms with Crippen LogP contribution in [-0.4, -0.2) is 52.1 Å². The predicted molar refractivity (Wildman–Crippen MR) is 106 cm³/mol. The summed E-state index contributed by atoms with van der Waals surface area (Å²) in [6.45, 7) is 8.72. The number of piperazine rings is 1. The summed E-state index contributed by atoms with van der Waals surface area (Å²) in [5.74, 6) is 2.06. The summed E-state index contributed by atoms with van der Waals surface area (Å²) in [4.78, 5) is 25.6. The van der Waals surface area contributed by atoms with Crippen molar-refractivity contribution >= 4 is 11.7 Å². The lowest BCUT2D eigenvalue weighted by Gasteiger charge is -2.35.